The van der Waals surface area contributed by atoms with Crippen LogP contribution in [0.15, 0.2) is 42.5 Å². The largest absolute Gasteiger partial charge is 0.395 e. The van der Waals surface area contributed by atoms with Crippen LogP contribution in [0.5, 0.6) is 0 Å². The number of rotatable bonds is 5. The fourth-order valence-corrected chi connectivity index (χ4v) is 2.29. The minimum atomic E-state index is -1.09. The molecule has 0 saturated heterocycles. The average Bonchev–Trinajstić information content (AvgIpc) is 2.49. The van der Waals surface area contributed by atoms with Crippen molar-refractivity contribution in [1.82, 2.24) is 0 Å². The second-order valence-electron chi connectivity index (χ2n) is 5.03. The first-order chi connectivity index (χ1) is 10.0. The van der Waals surface area contributed by atoms with E-state index < -0.39 is 36.1 Å². The van der Waals surface area contributed by atoms with Gasteiger partial charge in [0.05, 0.1) is 13.2 Å². The van der Waals surface area contributed by atoms with Gasteiger partial charge in [-0.05, 0) is 41.8 Å². The van der Waals surface area contributed by atoms with Gasteiger partial charge in [-0.2, -0.15) is 0 Å². The monoisotopic (exact) mass is 296 g/mol. The van der Waals surface area contributed by atoms with Crippen LogP contribution in [0.3, 0.4) is 0 Å². The second-order valence-corrected chi connectivity index (χ2v) is 5.03. The van der Waals surface area contributed by atoms with E-state index in [0.29, 0.717) is 11.1 Å². The van der Waals surface area contributed by atoms with Gasteiger partial charge >= 0.3 is 0 Å². The Balaban J connectivity index is 2.37. The lowest BCUT2D eigenvalue weighted by Gasteiger charge is -2.30. The fourth-order valence-electron chi connectivity index (χ4n) is 2.29. The van der Waals surface area contributed by atoms with Crippen LogP contribution in [-0.2, 0) is 11.8 Å². The molecule has 2 nitrogen and oxygen atoms in total. The van der Waals surface area contributed by atoms with Crippen LogP contribution in [-0.4, -0.2) is 23.4 Å². The molecule has 0 saturated carbocycles. The number of aliphatic hydroxyl groups is 2. The molecule has 0 radical (unpaired) electrons. The Morgan fingerprint density at radius 3 is 1.95 bits per heavy atom. The summed E-state index contributed by atoms with van der Waals surface area (Å²) in [5, 5.41) is 19.3. The Bertz CT molecular complexity index is 607. The summed E-state index contributed by atoms with van der Waals surface area (Å²) in [7, 11) is 0. The van der Waals surface area contributed by atoms with Gasteiger partial charge in [-0.1, -0.05) is 18.2 Å². The van der Waals surface area contributed by atoms with Crippen molar-refractivity contribution < 1.29 is 23.4 Å². The lowest BCUT2D eigenvalue weighted by Crippen LogP contribution is -2.37. The van der Waals surface area contributed by atoms with E-state index >= 15 is 0 Å². The number of halogens is 3. The smallest absolute Gasteiger partial charge is 0.159 e. The summed E-state index contributed by atoms with van der Waals surface area (Å²) < 4.78 is 39.2. The van der Waals surface area contributed by atoms with Gasteiger partial charge < -0.3 is 10.2 Å². The predicted molar refractivity (Wildman–Crippen MR) is 72.3 cm³/mol. The molecule has 5 heteroatoms. The number of benzene rings is 2. The maximum atomic E-state index is 13.3. The molecule has 0 aromatic heterocycles. The highest BCUT2D eigenvalue weighted by Gasteiger charge is 2.31. The molecule has 2 aromatic rings. The van der Waals surface area contributed by atoms with E-state index in [1.54, 1.807) is 0 Å². The van der Waals surface area contributed by atoms with Crippen molar-refractivity contribution in [2.45, 2.75) is 11.8 Å². The zero-order valence-corrected chi connectivity index (χ0v) is 11.2. The summed E-state index contributed by atoms with van der Waals surface area (Å²) in [5.41, 5.74) is -0.127. The summed E-state index contributed by atoms with van der Waals surface area (Å²) in [4.78, 5) is 0. The third-order valence-corrected chi connectivity index (χ3v) is 3.59. The molecule has 0 aliphatic heterocycles. The topological polar surface area (TPSA) is 40.5 Å². The van der Waals surface area contributed by atoms with Gasteiger partial charge in [0.15, 0.2) is 11.6 Å². The van der Waals surface area contributed by atoms with E-state index in [-0.39, 0.29) is 6.42 Å². The van der Waals surface area contributed by atoms with Gasteiger partial charge in [-0.15, -0.1) is 0 Å². The number of aliphatic hydroxyl groups excluding tert-OH is 2. The Kier molecular flexibility index (Phi) is 4.65. The van der Waals surface area contributed by atoms with Gasteiger partial charge in [-0.25, -0.2) is 13.2 Å². The van der Waals surface area contributed by atoms with Crippen LogP contribution in [0.4, 0.5) is 13.2 Å². The lowest BCUT2D eigenvalue weighted by molar-refractivity contribution is 0.116. The van der Waals surface area contributed by atoms with E-state index in [0.717, 1.165) is 12.1 Å². The van der Waals surface area contributed by atoms with Crippen LogP contribution >= 0.6 is 0 Å². The zero-order chi connectivity index (χ0) is 15.5. The Morgan fingerprint density at radius 1 is 0.810 bits per heavy atom. The first kappa shape index (κ1) is 15.5. The molecule has 2 aromatic carbocycles. The maximum Gasteiger partial charge on any atom is 0.159 e. The molecule has 2 rings (SSSR count). The highest BCUT2D eigenvalue weighted by atomic mass is 19.2. The molecule has 0 spiro atoms. The predicted octanol–water partition coefficient (Wildman–Crippen LogP) is 2.57. The fraction of sp³-hybridized carbons (Fsp3) is 0.250. The van der Waals surface area contributed by atoms with Crippen LogP contribution in [0.2, 0.25) is 0 Å². The molecular formula is C16H15F3O2. The van der Waals surface area contributed by atoms with Gasteiger partial charge in [0.25, 0.3) is 0 Å². The minimum absolute atomic E-state index is 0.100. The van der Waals surface area contributed by atoms with E-state index in [2.05, 4.69) is 0 Å². The van der Waals surface area contributed by atoms with Crippen LogP contribution < -0.4 is 0 Å². The molecule has 0 heterocycles. The second kappa shape index (κ2) is 6.28. The third kappa shape index (κ3) is 3.25. The SMILES string of the molecule is OCC(CO)(Cc1ccc(F)c(F)c1)c1ccc(F)cc1. The van der Waals surface area contributed by atoms with Crippen LogP contribution in [0, 0.1) is 17.5 Å². The van der Waals surface area contributed by atoms with E-state index in [1.807, 2.05) is 0 Å². The molecule has 0 bridgehead atoms. The third-order valence-electron chi connectivity index (χ3n) is 3.59. The van der Waals surface area contributed by atoms with E-state index in [1.165, 1.54) is 30.3 Å². The molecular weight excluding hydrogens is 281 g/mol. The molecule has 0 aliphatic carbocycles. The summed E-state index contributed by atoms with van der Waals surface area (Å²) >= 11 is 0. The van der Waals surface area contributed by atoms with E-state index in [9.17, 15) is 23.4 Å². The first-order valence-electron chi connectivity index (χ1n) is 6.42. The van der Waals surface area contributed by atoms with Crippen molar-refractivity contribution >= 4 is 0 Å². The summed E-state index contributed by atoms with van der Waals surface area (Å²) in [6, 6.07) is 8.78. The highest BCUT2D eigenvalue weighted by molar-refractivity contribution is 5.31. The highest BCUT2D eigenvalue weighted by Crippen LogP contribution is 2.28. The van der Waals surface area contributed by atoms with Gasteiger partial charge in [0.2, 0.25) is 0 Å². The van der Waals surface area contributed by atoms with E-state index in [4.69, 9.17) is 0 Å². The summed E-state index contributed by atoms with van der Waals surface area (Å²) in [6.45, 7) is -0.817. The van der Waals surface area contributed by atoms with Gasteiger partial charge in [0, 0.05) is 5.41 Å². The van der Waals surface area contributed by atoms with Crippen molar-refractivity contribution in [2.75, 3.05) is 13.2 Å². The Morgan fingerprint density at radius 2 is 1.43 bits per heavy atom. The summed E-state index contributed by atoms with van der Waals surface area (Å²) in [6.07, 6.45) is 0.100. The maximum absolute atomic E-state index is 13.3. The Hall–Kier alpha value is -1.85. The molecule has 21 heavy (non-hydrogen) atoms. The van der Waals surface area contributed by atoms with Crippen LogP contribution in [0.1, 0.15) is 11.1 Å². The quantitative estimate of drug-likeness (QED) is 0.890. The molecule has 0 fully saturated rings. The van der Waals surface area contributed by atoms with Crippen molar-refractivity contribution in [3.8, 4) is 0 Å². The number of hydrogen-bond acceptors (Lipinski definition) is 2. The molecule has 0 unspecified atom stereocenters. The lowest BCUT2D eigenvalue weighted by atomic mass is 9.77. The standard InChI is InChI=1S/C16H15F3O2/c17-13-4-2-12(3-5-13)16(9-20,10-21)8-11-1-6-14(18)15(19)7-11/h1-7,20-21H,8-10H2. The normalized spacial score (nSPS) is 11.7. The minimum Gasteiger partial charge on any atom is -0.395 e. The molecule has 0 aliphatic rings. The van der Waals surface area contributed by atoms with Crippen molar-refractivity contribution in [1.29, 1.82) is 0 Å². The number of hydrogen-bond donors (Lipinski definition) is 2. The molecule has 0 amide bonds. The summed E-state index contributed by atoms with van der Waals surface area (Å²) in [5.74, 6) is -2.38. The van der Waals surface area contributed by atoms with Gasteiger partial charge in [-0.3, -0.25) is 0 Å². The van der Waals surface area contributed by atoms with Crippen molar-refractivity contribution in [3.05, 3.63) is 71.0 Å². The van der Waals surface area contributed by atoms with Crippen LogP contribution in [0.25, 0.3) is 0 Å². The average molecular weight is 296 g/mol. The Labute approximate surface area is 120 Å². The molecule has 0 atom stereocenters. The van der Waals surface area contributed by atoms with Crippen molar-refractivity contribution in [2.24, 2.45) is 0 Å². The molecule has 112 valence electrons. The first-order valence-corrected chi connectivity index (χ1v) is 6.42. The molecule has 2 N–H and O–H groups in total. The van der Waals surface area contributed by atoms with Gasteiger partial charge in [0.1, 0.15) is 5.82 Å². The van der Waals surface area contributed by atoms with Crippen molar-refractivity contribution in [3.63, 3.8) is 0 Å². The zero-order valence-electron chi connectivity index (χ0n) is 11.2.